The SMILES string of the molecule is Cn1c(C(=O)NCC(O)c2ccccc2)cc2ccc(F)cc21. The molecule has 1 amide bonds. The summed E-state index contributed by atoms with van der Waals surface area (Å²) in [6.45, 7) is 0.110. The van der Waals surface area contributed by atoms with Crippen LogP contribution in [0.3, 0.4) is 0 Å². The standard InChI is InChI=1S/C18H17FN2O2/c1-21-15-10-14(19)8-7-13(15)9-16(21)18(23)20-11-17(22)12-5-3-2-4-6-12/h2-10,17,22H,11H2,1H3,(H,20,23). The molecule has 1 unspecified atom stereocenters. The van der Waals surface area contributed by atoms with Crippen LogP contribution in [0.1, 0.15) is 22.2 Å². The third-order valence-corrected chi connectivity index (χ3v) is 3.88. The highest BCUT2D eigenvalue weighted by Crippen LogP contribution is 2.20. The number of halogens is 1. The van der Waals surface area contributed by atoms with Crippen molar-refractivity contribution in [3.63, 3.8) is 0 Å². The maximum Gasteiger partial charge on any atom is 0.268 e. The molecule has 1 atom stereocenters. The van der Waals surface area contributed by atoms with Gasteiger partial charge in [-0.05, 0) is 29.8 Å². The van der Waals surface area contributed by atoms with Crippen LogP contribution in [-0.2, 0) is 7.05 Å². The topological polar surface area (TPSA) is 54.3 Å². The van der Waals surface area contributed by atoms with Crippen molar-refractivity contribution >= 4 is 16.8 Å². The van der Waals surface area contributed by atoms with Gasteiger partial charge in [-0.2, -0.15) is 0 Å². The Balaban J connectivity index is 1.75. The molecule has 0 spiro atoms. The predicted molar refractivity (Wildman–Crippen MR) is 86.6 cm³/mol. The van der Waals surface area contributed by atoms with Gasteiger partial charge in [0, 0.05) is 19.0 Å². The van der Waals surface area contributed by atoms with E-state index in [9.17, 15) is 14.3 Å². The van der Waals surface area contributed by atoms with Gasteiger partial charge in [0.05, 0.1) is 11.6 Å². The van der Waals surface area contributed by atoms with Gasteiger partial charge in [0.15, 0.2) is 0 Å². The number of aryl methyl sites for hydroxylation is 1. The number of hydrogen-bond acceptors (Lipinski definition) is 2. The van der Waals surface area contributed by atoms with Crippen molar-refractivity contribution in [2.24, 2.45) is 7.05 Å². The summed E-state index contributed by atoms with van der Waals surface area (Å²) in [5.74, 6) is -0.649. The Hall–Kier alpha value is -2.66. The number of benzene rings is 2. The van der Waals surface area contributed by atoms with Crippen molar-refractivity contribution in [3.8, 4) is 0 Å². The number of nitrogens with one attached hydrogen (secondary N) is 1. The van der Waals surface area contributed by atoms with E-state index >= 15 is 0 Å². The Morgan fingerprint density at radius 1 is 1.22 bits per heavy atom. The van der Waals surface area contributed by atoms with Crippen molar-refractivity contribution in [2.75, 3.05) is 6.54 Å². The first kappa shape index (κ1) is 15.2. The molecular weight excluding hydrogens is 295 g/mol. The van der Waals surface area contributed by atoms with Gasteiger partial charge in [-0.15, -0.1) is 0 Å². The van der Waals surface area contributed by atoms with Crippen LogP contribution in [0.25, 0.3) is 10.9 Å². The first-order valence-electron chi connectivity index (χ1n) is 7.32. The molecule has 23 heavy (non-hydrogen) atoms. The lowest BCUT2D eigenvalue weighted by atomic mass is 10.1. The number of aromatic nitrogens is 1. The zero-order valence-corrected chi connectivity index (χ0v) is 12.7. The smallest absolute Gasteiger partial charge is 0.268 e. The molecule has 0 saturated carbocycles. The van der Waals surface area contributed by atoms with E-state index in [4.69, 9.17) is 0 Å². The zero-order chi connectivity index (χ0) is 16.4. The molecule has 0 radical (unpaired) electrons. The van der Waals surface area contributed by atoms with Crippen LogP contribution >= 0.6 is 0 Å². The molecular formula is C18H17FN2O2. The fourth-order valence-corrected chi connectivity index (χ4v) is 2.59. The minimum atomic E-state index is -0.771. The highest BCUT2D eigenvalue weighted by molar-refractivity contribution is 5.98. The summed E-state index contributed by atoms with van der Waals surface area (Å²) in [4.78, 5) is 12.3. The van der Waals surface area contributed by atoms with Crippen molar-refractivity contribution < 1.29 is 14.3 Å². The van der Waals surface area contributed by atoms with Gasteiger partial charge in [-0.3, -0.25) is 4.79 Å². The summed E-state index contributed by atoms with van der Waals surface area (Å²) >= 11 is 0. The van der Waals surface area contributed by atoms with E-state index in [0.29, 0.717) is 11.2 Å². The molecule has 0 aliphatic heterocycles. The van der Waals surface area contributed by atoms with Gasteiger partial charge in [0.2, 0.25) is 0 Å². The van der Waals surface area contributed by atoms with Crippen molar-refractivity contribution in [3.05, 3.63) is 71.7 Å². The summed E-state index contributed by atoms with van der Waals surface area (Å²) in [5, 5.41) is 13.6. The maximum absolute atomic E-state index is 13.3. The van der Waals surface area contributed by atoms with E-state index in [-0.39, 0.29) is 18.3 Å². The van der Waals surface area contributed by atoms with Crippen LogP contribution in [0, 0.1) is 5.82 Å². The third-order valence-electron chi connectivity index (χ3n) is 3.88. The minimum Gasteiger partial charge on any atom is -0.387 e. The van der Waals surface area contributed by atoms with E-state index in [0.717, 1.165) is 10.9 Å². The minimum absolute atomic E-state index is 0.110. The molecule has 3 aromatic rings. The monoisotopic (exact) mass is 312 g/mol. The highest BCUT2D eigenvalue weighted by Gasteiger charge is 2.15. The number of aliphatic hydroxyl groups excluding tert-OH is 1. The molecule has 0 fully saturated rings. The Labute approximate surface area is 133 Å². The lowest BCUT2D eigenvalue weighted by Gasteiger charge is -2.12. The molecule has 1 heterocycles. The zero-order valence-electron chi connectivity index (χ0n) is 12.7. The maximum atomic E-state index is 13.3. The van der Waals surface area contributed by atoms with Crippen LogP contribution in [0.4, 0.5) is 4.39 Å². The van der Waals surface area contributed by atoms with Crippen LogP contribution in [0.2, 0.25) is 0 Å². The number of carbonyl (C=O) groups is 1. The molecule has 1 aromatic heterocycles. The number of nitrogens with zero attached hydrogens (tertiary/aromatic N) is 1. The Kier molecular flexibility index (Phi) is 4.12. The van der Waals surface area contributed by atoms with Gasteiger partial charge in [-0.25, -0.2) is 4.39 Å². The second-order valence-corrected chi connectivity index (χ2v) is 5.43. The predicted octanol–water partition coefficient (Wildman–Crippen LogP) is 2.78. The average molecular weight is 312 g/mol. The Bertz CT molecular complexity index is 843. The van der Waals surface area contributed by atoms with Crippen LogP contribution in [-0.4, -0.2) is 22.1 Å². The van der Waals surface area contributed by atoms with Crippen molar-refractivity contribution in [1.82, 2.24) is 9.88 Å². The lowest BCUT2D eigenvalue weighted by molar-refractivity contribution is 0.0908. The molecule has 3 rings (SSSR count). The molecule has 5 heteroatoms. The molecule has 0 saturated heterocycles. The van der Waals surface area contributed by atoms with E-state index in [1.165, 1.54) is 12.1 Å². The molecule has 2 N–H and O–H groups in total. The van der Waals surface area contributed by atoms with Gasteiger partial charge < -0.3 is 15.0 Å². The fourth-order valence-electron chi connectivity index (χ4n) is 2.59. The number of amides is 1. The summed E-state index contributed by atoms with van der Waals surface area (Å²) in [6.07, 6.45) is -0.771. The molecule has 0 aliphatic carbocycles. The number of rotatable bonds is 4. The number of hydrogen-bond donors (Lipinski definition) is 2. The van der Waals surface area contributed by atoms with E-state index < -0.39 is 6.10 Å². The molecule has 4 nitrogen and oxygen atoms in total. The number of fused-ring (bicyclic) bond motifs is 1. The summed E-state index contributed by atoms with van der Waals surface area (Å²) in [7, 11) is 1.71. The van der Waals surface area contributed by atoms with Gasteiger partial charge in [-0.1, -0.05) is 30.3 Å². The van der Waals surface area contributed by atoms with Crippen molar-refractivity contribution in [1.29, 1.82) is 0 Å². The van der Waals surface area contributed by atoms with Crippen LogP contribution < -0.4 is 5.32 Å². The Morgan fingerprint density at radius 2 is 1.96 bits per heavy atom. The van der Waals surface area contributed by atoms with Crippen LogP contribution in [0.15, 0.2) is 54.6 Å². The second-order valence-electron chi connectivity index (χ2n) is 5.43. The largest absolute Gasteiger partial charge is 0.387 e. The third kappa shape index (κ3) is 3.10. The van der Waals surface area contributed by atoms with Gasteiger partial charge in [0.25, 0.3) is 5.91 Å². The quantitative estimate of drug-likeness (QED) is 0.778. The highest BCUT2D eigenvalue weighted by atomic mass is 19.1. The summed E-state index contributed by atoms with van der Waals surface area (Å²) in [6, 6.07) is 15.2. The Morgan fingerprint density at radius 3 is 2.70 bits per heavy atom. The van der Waals surface area contributed by atoms with Gasteiger partial charge in [0.1, 0.15) is 11.5 Å². The molecule has 0 aliphatic rings. The fraction of sp³-hybridized carbons (Fsp3) is 0.167. The van der Waals surface area contributed by atoms with Crippen molar-refractivity contribution in [2.45, 2.75) is 6.10 Å². The van der Waals surface area contributed by atoms with E-state index in [1.807, 2.05) is 18.2 Å². The normalized spacial score (nSPS) is 12.3. The van der Waals surface area contributed by atoms with E-state index in [2.05, 4.69) is 5.32 Å². The number of aliphatic hydroxyl groups is 1. The van der Waals surface area contributed by atoms with Crippen LogP contribution in [0.5, 0.6) is 0 Å². The number of carbonyl (C=O) groups excluding carboxylic acids is 1. The van der Waals surface area contributed by atoms with E-state index in [1.54, 1.807) is 35.9 Å². The first-order chi connectivity index (χ1) is 11.1. The lowest BCUT2D eigenvalue weighted by Crippen LogP contribution is -2.29. The molecule has 118 valence electrons. The molecule has 0 bridgehead atoms. The second kappa shape index (κ2) is 6.22. The average Bonchev–Trinajstić information content (AvgIpc) is 2.90. The summed E-state index contributed by atoms with van der Waals surface area (Å²) < 4.78 is 15.0. The summed E-state index contributed by atoms with van der Waals surface area (Å²) in [5.41, 5.74) is 1.82. The van der Waals surface area contributed by atoms with Gasteiger partial charge >= 0.3 is 0 Å². The first-order valence-corrected chi connectivity index (χ1v) is 7.32. The molecule has 2 aromatic carbocycles.